The number of fused-ring (bicyclic) bond motifs is 1. The van der Waals surface area contributed by atoms with E-state index in [0.717, 1.165) is 10.9 Å². The minimum absolute atomic E-state index is 0.0232. The van der Waals surface area contributed by atoms with Crippen molar-refractivity contribution in [2.24, 2.45) is 5.73 Å². The fourth-order valence-electron chi connectivity index (χ4n) is 2.51. The highest BCUT2D eigenvalue weighted by Crippen LogP contribution is 2.23. The van der Waals surface area contributed by atoms with E-state index in [4.69, 9.17) is 20.0 Å². The van der Waals surface area contributed by atoms with E-state index in [2.05, 4.69) is 4.74 Å². The third-order valence-corrected chi connectivity index (χ3v) is 3.87. The van der Waals surface area contributed by atoms with Crippen LogP contribution in [0.15, 0.2) is 63.8 Å². The number of hydrogen-bond acceptors (Lipinski definition) is 6. The van der Waals surface area contributed by atoms with Crippen LogP contribution in [-0.4, -0.2) is 24.3 Å². The fourth-order valence-corrected chi connectivity index (χ4v) is 2.51. The Morgan fingerprint density at radius 1 is 1.10 bits per heavy atom. The molecule has 2 aromatic carbocycles. The quantitative estimate of drug-likeness (QED) is 0.609. The molecule has 0 bridgehead atoms. The number of nitrogens with two attached hydrogens (primary N) is 1. The van der Waals surface area contributed by atoms with Gasteiger partial charge in [-0.25, -0.2) is 9.59 Å². The van der Waals surface area contributed by atoms with Crippen LogP contribution < -0.4 is 16.1 Å². The number of amides is 1. The monoisotopic (exact) mass is 399 g/mol. The van der Waals surface area contributed by atoms with Gasteiger partial charge in [0.1, 0.15) is 17.9 Å². The maximum Gasteiger partial charge on any atom is 0.404 e. The molecule has 0 radical (unpaired) electrons. The summed E-state index contributed by atoms with van der Waals surface area (Å²) in [5.41, 5.74) is 6.30. The van der Waals surface area contributed by atoms with Crippen LogP contribution in [0.4, 0.5) is 4.79 Å². The zero-order valence-corrected chi connectivity index (χ0v) is 15.8. The highest BCUT2D eigenvalue weighted by molar-refractivity contribution is 5.82. The van der Waals surface area contributed by atoms with Gasteiger partial charge in [-0.05, 0) is 29.7 Å². The molecule has 0 spiro atoms. The number of benzene rings is 2. The van der Waals surface area contributed by atoms with E-state index < -0.39 is 17.7 Å². The maximum absolute atomic E-state index is 11.4. The normalized spacial score (nSPS) is 9.97. The molecule has 3 N–H and O–H groups in total. The van der Waals surface area contributed by atoms with Crippen molar-refractivity contribution in [2.45, 2.75) is 19.4 Å². The summed E-state index contributed by atoms with van der Waals surface area (Å²) in [5.74, 6) is -0.314. The summed E-state index contributed by atoms with van der Waals surface area (Å²) in [6.45, 7) is 0.246. The van der Waals surface area contributed by atoms with Gasteiger partial charge in [-0.2, -0.15) is 0 Å². The van der Waals surface area contributed by atoms with Gasteiger partial charge in [-0.15, -0.1) is 0 Å². The van der Waals surface area contributed by atoms with Gasteiger partial charge >= 0.3 is 17.7 Å². The van der Waals surface area contributed by atoms with Crippen molar-refractivity contribution in [3.05, 3.63) is 76.1 Å². The Morgan fingerprint density at radius 3 is 2.45 bits per heavy atom. The number of carbonyl (C=O) groups is 2. The van der Waals surface area contributed by atoms with Crippen molar-refractivity contribution in [1.29, 1.82) is 0 Å². The maximum atomic E-state index is 11.4. The summed E-state index contributed by atoms with van der Waals surface area (Å²) < 4.78 is 14.7. The van der Waals surface area contributed by atoms with Gasteiger partial charge in [-0.3, -0.25) is 4.79 Å². The molecule has 3 aromatic rings. The van der Waals surface area contributed by atoms with Crippen LogP contribution in [0.2, 0.25) is 0 Å². The van der Waals surface area contributed by atoms with Crippen molar-refractivity contribution in [3.8, 4) is 5.75 Å². The molecule has 0 saturated heterocycles. The number of aliphatic carboxylic acids is 1. The molecule has 1 aromatic heterocycles. The molecule has 0 aliphatic heterocycles. The molecule has 0 fully saturated rings. The van der Waals surface area contributed by atoms with Crippen LogP contribution in [0, 0.1) is 0 Å². The number of aryl methyl sites for hydroxylation is 1. The van der Waals surface area contributed by atoms with Crippen molar-refractivity contribution >= 4 is 23.0 Å². The lowest BCUT2D eigenvalue weighted by Crippen LogP contribution is -2.12. The minimum Gasteiger partial charge on any atom is -0.497 e. The van der Waals surface area contributed by atoms with Gasteiger partial charge in [0.15, 0.2) is 0 Å². The topological polar surface area (TPSA) is 129 Å². The summed E-state index contributed by atoms with van der Waals surface area (Å²) in [5, 5.41) is 9.41. The molecule has 0 aliphatic carbocycles. The highest BCUT2D eigenvalue weighted by atomic mass is 16.5. The molecule has 8 nitrogen and oxygen atoms in total. The summed E-state index contributed by atoms with van der Waals surface area (Å²) in [6.07, 6.45) is -0.470. The molecule has 1 amide bonds. The van der Waals surface area contributed by atoms with Gasteiger partial charge in [0.2, 0.25) is 0 Å². The van der Waals surface area contributed by atoms with Gasteiger partial charge in [0.25, 0.3) is 0 Å². The van der Waals surface area contributed by atoms with Crippen LogP contribution in [0.3, 0.4) is 0 Å². The molecular weight excluding hydrogens is 378 g/mol. The average molecular weight is 399 g/mol. The first-order valence-corrected chi connectivity index (χ1v) is 8.67. The SMILES string of the molecule is COc1ccc2c(CCC(=O)O)cc(=O)oc2c1.NC(=O)OCc1ccccc1. The molecule has 3 rings (SSSR count). The first-order valence-electron chi connectivity index (χ1n) is 8.67. The second-order valence-electron chi connectivity index (χ2n) is 5.94. The Bertz CT molecular complexity index is 1030. The number of carbonyl (C=O) groups excluding carboxylic acids is 1. The second-order valence-corrected chi connectivity index (χ2v) is 5.94. The fraction of sp³-hybridized carbons (Fsp3) is 0.190. The predicted molar refractivity (Wildman–Crippen MR) is 106 cm³/mol. The molecule has 29 heavy (non-hydrogen) atoms. The molecule has 0 unspecified atom stereocenters. The number of rotatable bonds is 6. The number of carboxylic acid groups (broad SMARTS) is 1. The molecule has 0 aliphatic rings. The Labute approximate surface area is 166 Å². The third-order valence-electron chi connectivity index (χ3n) is 3.87. The van der Waals surface area contributed by atoms with Crippen molar-refractivity contribution < 1.29 is 28.6 Å². The van der Waals surface area contributed by atoms with Crippen molar-refractivity contribution in [3.63, 3.8) is 0 Å². The van der Waals surface area contributed by atoms with Gasteiger partial charge < -0.3 is 24.7 Å². The summed E-state index contributed by atoms with van der Waals surface area (Å²) >= 11 is 0. The lowest BCUT2D eigenvalue weighted by Gasteiger charge is -2.05. The first-order chi connectivity index (χ1) is 13.9. The predicted octanol–water partition coefficient (Wildman–Crippen LogP) is 3.10. The van der Waals surface area contributed by atoms with Crippen LogP contribution in [0.1, 0.15) is 17.5 Å². The van der Waals surface area contributed by atoms with Gasteiger partial charge in [0, 0.05) is 23.9 Å². The third kappa shape index (κ3) is 7.02. The summed E-state index contributed by atoms with van der Waals surface area (Å²) in [7, 11) is 1.52. The standard InChI is InChI=1S/C13H12O5.C8H9NO2/c1-17-9-3-4-10-8(2-5-12(14)15)6-13(16)18-11(10)7-9;9-8(10)11-6-7-4-2-1-3-5-7/h3-4,6-7H,2,5H2,1H3,(H,14,15);1-5H,6H2,(H2,9,10). The van der Waals surface area contributed by atoms with Crippen LogP contribution >= 0.6 is 0 Å². The van der Waals surface area contributed by atoms with E-state index in [1.807, 2.05) is 30.3 Å². The van der Waals surface area contributed by atoms with E-state index >= 15 is 0 Å². The van der Waals surface area contributed by atoms with E-state index in [9.17, 15) is 14.4 Å². The van der Waals surface area contributed by atoms with Gasteiger partial charge in [0.05, 0.1) is 7.11 Å². The smallest absolute Gasteiger partial charge is 0.404 e. The molecule has 0 saturated carbocycles. The number of ether oxygens (including phenoxy) is 2. The highest BCUT2D eigenvalue weighted by Gasteiger charge is 2.08. The zero-order chi connectivity index (χ0) is 21.2. The second kappa shape index (κ2) is 10.5. The Hall–Kier alpha value is -3.81. The number of carboxylic acids is 1. The number of methoxy groups -OCH3 is 1. The number of hydrogen-bond donors (Lipinski definition) is 2. The van der Waals surface area contributed by atoms with Gasteiger partial charge in [-0.1, -0.05) is 30.3 Å². The summed E-state index contributed by atoms with van der Waals surface area (Å²) in [6, 6.07) is 15.8. The molecular formula is C21H21NO7. The lowest BCUT2D eigenvalue weighted by atomic mass is 10.1. The summed E-state index contributed by atoms with van der Waals surface area (Å²) in [4.78, 5) is 32.1. The molecule has 1 heterocycles. The van der Waals surface area contributed by atoms with E-state index in [1.165, 1.54) is 13.2 Å². The average Bonchev–Trinajstić information content (AvgIpc) is 2.71. The lowest BCUT2D eigenvalue weighted by molar-refractivity contribution is -0.136. The number of primary amides is 1. The zero-order valence-electron chi connectivity index (χ0n) is 15.8. The Kier molecular flexibility index (Phi) is 7.78. The van der Waals surface area contributed by atoms with E-state index in [0.29, 0.717) is 23.3 Å². The van der Waals surface area contributed by atoms with Crippen LogP contribution in [0.5, 0.6) is 5.75 Å². The van der Waals surface area contributed by atoms with E-state index in [1.54, 1.807) is 18.2 Å². The molecule has 152 valence electrons. The van der Waals surface area contributed by atoms with Crippen LogP contribution in [0.25, 0.3) is 11.0 Å². The minimum atomic E-state index is -0.898. The Morgan fingerprint density at radius 2 is 1.83 bits per heavy atom. The van der Waals surface area contributed by atoms with Crippen LogP contribution in [-0.2, 0) is 22.6 Å². The van der Waals surface area contributed by atoms with Crippen molar-refractivity contribution in [2.75, 3.05) is 7.11 Å². The Balaban J connectivity index is 0.000000234. The van der Waals surface area contributed by atoms with Crippen molar-refractivity contribution in [1.82, 2.24) is 0 Å². The van der Waals surface area contributed by atoms with E-state index in [-0.39, 0.29) is 13.0 Å². The molecule has 8 heteroatoms. The first kappa shape index (κ1) is 21.5. The largest absolute Gasteiger partial charge is 0.497 e. The molecule has 0 atom stereocenters.